The Bertz CT molecular complexity index is 855. The van der Waals surface area contributed by atoms with Gasteiger partial charge >= 0.3 is 0 Å². The topological polar surface area (TPSA) is 65.5 Å². The molecule has 0 saturated carbocycles. The second kappa shape index (κ2) is 8.32. The lowest BCUT2D eigenvalue weighted by atomic mass is 10.1. The van der Waals surface area contributed by atoms with Crippen molar-refractivity contribution in [2.45, 2.75) is 30.0 Å². The number of hydrogen-bond acceptors (Lipinski definition) is 5. The number of benzene rings is 1. The summed E-state index contributed by atoms with van der Waals surface area (Å²) < 4.78 is 0. The number of pyridine rings is 1. The van der Waals surface area contributed by atoms with E-state index in [1.54, 1.807) is 18.7 Å². The van der Waals surface area contributed by atoms with E-state index < -0.39 is 0 Å². The number of anilines is 1. The van der Waals surface area contributed by atoms with Gasteiger partial charge in [-0.05, 0) is 30.2 Å². The van der Waals surface area contributed by atoms with Crippen molar-refractivity contribution in [3.05, 3.63) is 53.7 Å². The fourth-order valence-corrected chi connectivity index (χ4v) is 4.82. The Hall–Kier alpha value is -2.38. The third-order valence-corrected chi connectivity index (χ3v) is 6.52. The van der Waals surface area contributed by atoms with E-state index >= 15 is 0 Å². The van der Waals surface area contributed by atoms with E-state index in [2.05, 4.69) is 27.3 Å². The molecule has 28 heavy (non-hydrogen) atoms. The van der Waals surface area contributed by atoms with Crippen LogP contribution in [0.15, 0.2) is 47.4 Å². The van der Waals surface area contributed by atoms with E-state index in [1.165, 1.54) is 10.5 Å². The fraction of sp³-hybridized carbons (Fsp3) is 0.381. The van der Waals surface area contributed by atoms with Gasteiger partial charge in [-0.1, -0.05) is 24.3 Å². The number of carbonyl (C=O) groups excluding carboxylic acids is 2. The summed E-state index contributed by atoms with van der Waals surface area (Å²) in [6.45, 7) is 5.53. The van der Waals surface area contributed by atoms with E-state index in [4.69, 9.17) is 0 Å². The van der Waals surface area contributed by atoms with Gasteiger partial charge < -0.3 is 10.2 Å². The average molecular weight is 397 g/mol. The number of aromatic nitrogens is 1. The van der Waals surface area contributed by atoms with Crippen molar-refractivity contribution >= 4 is 29.4 Å². The van der Waals surface area contributed by atoms with E-state index in [-0.39, 0.29) is 17.1 Å². The lowest BCUT2D eigenvalue weighted by Gasteiger charge is -2.33. The van der Waals surface area contributed by atoms with Crippen LogP contribution in [0.3, 0.4) is 0 Å². The zero-order valence-corrected chi connectivity index (χ0v) is 16.7. The minimum Gasteiger partial charge on any atom is -0.340 e. The van der Waals surface area contributed by atoms with Gasteiger partial charge in [-0.2, -0.15) is 0 Å². The Kier molecular flexibility index (Phi) is 5.64. The lowest BCUT2D eigenvalue weighted by Crippen LogP contribution is -2.47. The molecule has 6 nitrogen and oxygen atoms in total. The predicted molar refractivity (Wildman–Crippen MR) is 110 cm³/mol. The van der Waals surface area contributed by atoms with Crippen LogP contribution in [0.25, 0.3) is 0 Å². The third-order valence-electron chi connectivity index (χ3n) is 5.20. The predicted octanol–water partition coefficient (Wildman–Crippen LogP) is 2.40. The maximum absolute atomic E-state index is 12.7. The number of nitrogens with one attached hydrogen (secondary N) is 1. The Morgan fingerprint density at radius 3 is 2.64 bits per heavy atom. The molecular weight excluding hydrogens is 372 g/mol. The van der Waals surface area contributed by atoms with Crippen molar-refractivity contribution in [2.24, 2.45) is 0 Å². The molecule has 1 unspecified atom stereocenters. The first-order valence-electron chi connectivity index (χ1n) is 9.58. The number of rotatable bonds is 4. The van der Waals surface area contributed by atoms with Gasteiger partial charge in [0.25, 0.3) is 0 Å². The SMILES string of the molecule is CC(=O)N1CCN(Cc2cccc(NC(=O)C3Cc4ccccc4S3)n2)CC1. The number of piperazine rings is 1. The molecule has 1 N–H and O–H groups in total. The van der Waals surface area contributed by atoms with Crippen LogP contribution in [-0.4, -0.2) is 58.0 Å². The maximum atomic E-state index is 12.7. The normalized spacial score (nSPS) is 19.3. The summed E-state index contributed by atoms with van der Waals surface area (Å²) in [5.41, 5.74) is 2.16. The summed E-state index contributed by atoms with van der Waals surface area (Å²) in [7, 11) is 0. The van der Waals surface area contributed by atoms with Gasteiger partial charge in [0.2, 0.25) is 11.8 Å². The molecule has 2 aromatic rings. The van der Waals surface area contributed by atoms with Crippen molar-refractivity contribution in [3.8, 4) is 0 Å². The molecule has 2 amide bonds. The molecule has 1 atom stereocenters. The molecule has 2 aliphatic heterocycles. The second-order valence-electron chi connectivity index (χ2n) is 7.20. The molecule has 0 radical (unpaired) electrons. The molecule has 1 aromatic carbocycles. The summed E-state index contributed by atoms with van der Waals surface area (Å²) in [6.07, 6.45) is 0.757. The molecular formula is C21H24N4O2S. The number of fused-ring (bicyclic) bond motifs is 1. The molecule has 1 fully saturated rings. The number of carbonyl (C=O) groups is 2. The maximum Gasteiger partial charge on any atom is 0.239 e. The monoisotopic (exact) mass is 396 g/mol. The van der Waals surface area contributed by atoms with E-state index in [1.807, 2.05) is 35.2 Å². The van der Waals surface area contributed by atoms with E-state index in [0.717, 1.165) is 44.8 Å². The highest BCUT2D eigenvalue weighted by atomic mass is 32.2. The van der Waals surface area contributed by atoms with Crippen LogP contribution in [0.2, 0.25) is 0 Å². The largest absolute Gasteiger partial charge is 0.340 e. The first-order valence-corrected chi connectivity index (χ1v) is 10.5. The smallest absolute Gasteiger partial charge is 0.239 e. The van der Waals surface area contributed by atoms with Crippen LogP contribution in [0, 0.1) is 0 Å². The Morgan fingerprint density at radius 2 is 1.89 bits per heavy atom. The van der Waals surface area contributed by atoms with Crippen molar-refractivity contribution in [1.82, 2.24) is 14.8 Å². The first kappa shape index (κ1) is 19.0. The molecule has 2 aliphatic rings. The molecule has 0 aliphatic carbocycles. The zero-order chi connectivity index (χ0) is 19.5. The van der Waals surface area contributed by atoms with Crippen LogP contribution in [0.5, 0.6) is 0 Å². The van der Waals surface area contributed by atoms with Gasteiger partial charge in [0.1, 0.15) is 5.82 Å². The minimum absolute atomic E-state index is 0.000854. The van der Waals surface area contributed by atoms with Crippen molar-refractivity contribution in [2.75, 3.05) is 31.5 Å². The molecule has 0 spiro atoms. The Morgan fingerprint density at radius 1 is 1.11 bits per heavy atom. The van der Waals surface area contributed by atoms with Crippen LogP contribution in [-0.2, 0) is 22.6 Å². The van der Waals surface area contributed by atoms with Crippen LogP contribution < -0.4 is 5.32 Å². The van der Waals surface area contributed by atoms with E-state index in [0.29, 0.717) is 5.82 Å². The number of thioether (sulfide) groups is 1. The highest BCUT2D eigenvalue weighted by Gasteiger charge is 2.28. The van der Waals surface area contributed by atoms with Crippen molar-refractivity contribution in [3.63, 3.8) is 0 Å². The van der Waals surface area contributed by atoms with Crippen LogP contribution in [0.4, 0.5) is 5.82 Å². The third kappa shape index (κ3) is 4.36. The quantitative estimate of drug-likeness (QED) is 0.860. The van der Waals surface area contributed by atoms with E-state index in [9.17, 15) is 9.59 Å². The summed E-state index contributed by atoms with van der Waals surface area (Å²) in [6, 6.07) is 13.9. The number of hydrogen-bond donors (Lipinski definition) is 1. The van der Waals surface area contributed by atoms with Crippen molar-refractivity contribution in [1.29, 1.82) is 0 Å². The standard InChI is InChI=1S/C21H24N4O2S/c1-15(26)25-11-9-24(10-12-25)14-17-6-4-8-20(22-17)23-21(27)19-13-16-5-2-3-7-18(16)28-19/h2-8,19H,9-14H2,1H3,(H,22,23,27). The number of nitrogens with zero attached hydrogens (tertiary/aromatic N) is 3. The summed E-state index contributed by atoms with van der Waals surface area (Å²) >= 11 is 1.62. The molecule has 0 bridgehead atoms. The molecule has 7 heteroatoms. The highest BCUT2D eigenvalue weighted by molar-refractivity contribution is 8.01. The molecule has 1 aromatic heterocycles. The second-order valence-corrected chi connectivity index (χ2v) is 8.45. The van der Waals surface area contributed by atoms with Crippen molar-refractivity contribution < 1.29 is 9.59 Å². The van der Waals surface area contributed by atoms with Gasteiger partial charge in [0, 0.05) is 44.5 Å². The highest BCUT2D eigenvalue weighted by Crippen LogP contribution is 2.37. The Balaban J connectivity index is 1.33. The molecule has 4 rings (SSSR count). The van der Waals surface area contributed by atoms with Crippen LogP contribution >= 0.6 is 11.8 Å². The first-order chi connectivity index (χ1) is 13.6. The molecule has 3 heterocycles. The minimum atomic E-state index is -0.109. The van der Waals surface area contributed by atoms with Gasteiger partial charge in [-0.25, -0.2) is 4.98 Å². The summed E-state index contributed by atoms with van der Waals surface area (Å²) in [5.74, 6) is 0.733. The van der Waals surface area contributed by atoms with Gasteiger partial charge in [-0.3, -0.25) is 14.5 Å². The molecule has 1 saturated heterocycles. The van der Waals surface area contributed by atoms with Crippen LogP contribution in [0.1, 0.15) is 18.2 Å². The Labute approximate surface area is 169 Å². The lowest BCUT2D eigenvalue weighted by molar-refractivity contribution is -0.130. The van der Waals surface area contributed by atoms with Gasteiger partial charge in [-0.15, -0.1) is 11.8 Å². The fourth-order valence-electron chi connectivity index (χ4n) is 3.62. The summed E-state index contributed by atoms with van der Waals surface area (Å²) in [4.78, 5) is 34.1. The molecule has 146 valence electrons. The number of amides is 2. The average Bonchev–Trinajstić information content (AvgIpc) is 3.13. The summed E-state index contributed by atoms with van der Waals surface area (Å²) in [5, 5.41) is 2.87. The zero-order valence-electron chi connectivity index (χ0n) is 15.9. The van der Waals surface area contributed by atoms with Gasteiger partial charge in [0.15, 0.2) is 0 Å². The van der Waals surface area contributed by atoms with Gasteiger partial charge in [0.05, 0.1) is 10.9 Å².